The summed E-state index contributed by atoms with van der Waals surface area (Å²) < 4.78 is 14.7. The lowest BCUT2D eigenvalue weighted by molar-refractivity contribution is -0.0300. The largest absolute Gasteiger partial charge is 0.494 e. The third kappa shape index (κ3) is 6.37. The summed E-state index contributed by atoms with van der Waals surface area (Å²) in [5.74, 6) is 0.976. The van der Waals surface area contributed by atoms with Gasteiger partial charge in [0, 0.05) is 46.4 Å². The first-order valence-electron chi connectivity index (χ1n) is 13.5. The van der Waals surface area contributed by atoms with E-state index < -0.39 is 0 Å². The fourth-order valence-corrected chi connectivity index (χ4v) is 7.29. The summed E-state index contributed by atoms with van der Waals surface area (Å²) in [6.45, 7) is 4.29. The third-order valence-electron chi connectivity index (χ3n) is 7.48. The van der Waals surface area contributed by atoms with Crippen molar-refractivity contribution >= 4 is 34.6 Å². The molecule has 1 spiro atoms. The van der Waals surface area contributed by atoms with Crippen LogP contribution in [0, 0.1) is 0 Å². The van der Waals surface area contributed by atoms with Crippen molar-refractivity contribution in [3.05, 3.63) is 65.0 Å². The number of nitrogens with zero attached hydrogens (tertiary/aromatic N) is 1. The second-order valence-electron chi connectivity index (χ2n) is 10.4. The molecule has 3 aliphatic rings. The molecule has 2 N–H and O–H groups in total. The normalized spacial score (nSPS) is 21.6. The lowest BCUT2D eigenvalue weighted by Crippen LogP contribution is -2.42. The molecule has 1 saturated carbocycles. The Labute approximate surface area is 227 Å². The summed E-state index contributed by atoms with van der Waals surface area (Å²) in [5.41, 5.74) is 0.965. The fourth-order valence-electron chi connectivity index (χ4n) is 5.25. The second-order valence-corrected chi connectivity index (χ2v) is 12.9. The highest BCUT2D eigenvalue weighted by Crippen LogP contribution is 2.40. The minimum atomic E-state index is -0.0271. The van der Waals surface area contributed by atoms with Gasteiger partial charge in [-0.15, -0.1) is 11.8 Å². The summed E-state index contributed by atoms with van der Waals surface area (Å²) in [7, 11) is 0. The Balaban J connectivity index is 0.911. The SMILES string of the molecule is O=c1c(SN2CCC3(CC2)CC(NCCCOc2cccc(SC4CC4)c2)CO3)c[nH]c2ccccc12. The Morgan fingerprint density at radius 1 is 1.14 bits per heavy atom. The zero-order valence-electron chi connectivity index (χ0n) is 21.1. The lowest BCUT2D eigenvalue weighted by atomic mass is 9.88. The molecule has 1 aliphatic carbocycles. The number of H-pyrrole nitrogens is 1. The minimum absolute atomic E-state index is 0.0271. The van der Waals surface area contributed by atoms with Crippen LogP contribution in [0.2, 0.25) is 0 Å². The van der Waals surface area contributed by atoms with E-state index in [0.717, 1.165) is 85.3 Å². The first-order chi connectivity index (χ1) is 18.2. The number of aromatic nitrogens is 1. The van der Waals surface area contributed by atoms with Crippen molar-refractivity contribution in [2.24, 2.45) is 0 Å². The molecule has 0 amide bonds. The van der Waals surface area contributed by atoms with E-state index in [4.69, 9.17) is 9.47 Å². The number of aromatic amines is 1. The van der Waals surface area contributed by atoms with Gasteiger partial charge >= 0.3 is 0 Å². The fraction of sp³-hybridized carbons (Fsp3) is 0.483. The number of rotatable bonds is 10. The molecule has 6 nitrogen and oxygen atoms in total. The first kappa shape index (κ1) is 25.3. The van der Waals surface area contributed by atoms with E-state index in [1.165, 1.54) is 17.7 Å². The Hall–Kier alpha value is -1.97. The summed E-state index contributed by atoms with van der Waals surface area (Å²) in [4.78, 5) is 18.2. The van der Waals surface area contributed by atoms with Gasteiger partial charge in [0.1, 0.15) is 5.75 Å². The Bertz CT molecular complexity index is 1270. The molecule has 2 aromatic carbocycles. The molecule has 8 heteroatoms. The van der Waals surface area contributed by atoms with Crippen LogP contribution in [-0.4, -0.2) is 59.0 Å². The van der Waals surface area contributed by atoms with E-state index in [0.29, 0.717) is 6.04 Å². The number of ether oxygens (including phenoxy) is 2. The number of para-hydroxylation sites is 1. The van der Waals surface area contributed by atoms with Crippen LogP contribution in [0.25, 0.3) is 10.9 Å². The van der Waals surface area contributed by atoms with Crippen molar-refractivity contribution in [3.8, 4) is 5.75 Å². The van der Waals surface area contributed by atoms with Crippen molar-refractivity contribution in [2.45, 2.75) is 65.2 Å². The molecule has 2 saturated heterocycles. The maximum absolute atomic E-state index is 12.9. The number of thioether (sulfide) groups is 1. The number of piperidine rings is 1. The Morgan fingerprint density at radius 3 is 2.86 bits per heavy atom. The van der Waals surface area contributed by atoms with Crippen molar-refractivity contribution in [1.82, 2.24) is 14.6 Å². The predicted molar refractivity (Wildman–Crippen MR) is 152 cm³/mol. The van der Waals surface area contributed by atoms with Gasteiger partial charge in [-0.2, -0.15) is 0 Å². The number of fused-ring (bicyclic) bond motifs is 1. The molecule has 3 fully saturated rings. The topological polar surface area (TPSA) is 66.6 Å². The maximum Gasteiger partial charge on any atom is 0.204 e. The average Bonchev–Trinajstić information content (AvgIpc) is 3.65. The van der Waals surface area contributed by atoms with E-state index >= 15 is 0 Å². The van der Waals surface area contributed by atoms with Crippen molar-refractivity contribution in [1.29, 1.82) is 0 Å². The molecule has 1 atom stereocenters. The van der Waals surface area contributed by atoms with E-state index in [2.05, 4.69) is 38.9 Å². The van der Waals surface area contributed by atoms with E-state index in [-0.39, 0.29) is 11.0 Å². The predicted octanol–water partition coefficient (Wildman–Crippen LogP) is 5.47. The van der Waals surface area contributed by atoms with Crippen LogP contribution in [-0.2, 0) is 4.74 Å². The highest BCUT2D eigenvalue weighted by molar-refractivity contribution is 8.00. The molecule has 196 valence electrons. The van der Waals surface area contributed by atoms with Gasteiger partial charge in [-0.3, -0.25) is 4.79 Å². The van der Waals surface area contributed by atoms with Crippen LogP contribution in [0.15, 0.2) is 69.3 Å². The van der Waals surface area contributed by atoms with Crippen LogP contribution in [0.3, 0.4) is 0 Å². The minimum Gasteiger partial charge on any atom is -0.494 e. The molecule has 0 bridgehead atoms. The number of hydrogen-bond acceptors (Lipinski definition) is 7. The quantitative estimate of drug-likeness (QED) is 0.263. The van der Waals surface area contributed by atoms with E-state index in [9.17, 15) is 4.79 Å². The van der Waals surface area contributed by atoms with Gasteiger partial charge in [-0.1, -0.05) is 18.2 Å². The first-order valence-corrected chi connectivity index (χ1v) is 15.1. The zero-order valence-corrected chi connectivity index (χ0v) is 22.8. The van der Waals surface area contributed by atoms with Crippen LogP contribution in [0.5, 0.6) is 5.75 Å². The van der Waals surface area contributed by atoms with Gasteiger partial charge < -0.3 is 19.8 Å². The third-order valence-corrected chi connectivity index (χ3v) is 9.93. The van der Waals surface area contributed by atoms with Gasteiger partial charge in [0.15, 0.2) is 0 Å². The average molecular weight is 538 g/mol. The second kappa shape index (κ2) is 11.4. The molecule has 0 radical (unpaired) electrons. The number of hydrogen-bond donors (Lipinski definition) is 2. The highest BCUT2D eigenvalue weighted by atomic mass is 32.2. The molecule has 1 aromatic heterocycles. The van der Waals surface area contributed by atoms with Gasteiger partial charge in [0.25, 0.3) is 0 Å². The van der Waals surface area contributed by atoms with Gasteiger partial charge in [0.2, 0.25) is 5.43 Å². The smallest absolute Gasteiger partial charge is 0.204 e. The number of benzene rings is 2. The maximum atomic E-state index is 12.9. The van der Waals surface area contributed by atoms with Crippen molar-refractivity contribution < 1.29 is 9.47 Å². The monoisotopic (exact) mass is 537 g/mol. The summed E-state index contributed by atoms with van der Waals surface area (Å²) >= 11 is 3.55. The molecule has 3 aromatic rings. The summed E-state index contributed by atoms with van der Waals surface area (Å²) in [5, 5.41) is 5.25. The molecule has 37 heavy (non-hydrogen) atoms. The summed E-state index contributed by atoms with van der Waals surface area (Å²) in [6, 6.07) is 16.6. The van der Waals surface area contributed by atoms with E-state index in [1.54, 1.807) is 11.9 Å². The standard InChI is InChI=1S/C29H35N3O3S2/c33-28-25-7-1-2-8-26(25)31-19-27(28)37-32-14-11-29(12-15-32)18-21(20-35-29)30-13-4-16-34-22-5-3-6-24(17-22)36-23-9-10-23/h1-3,5-8,17,19,21,23,30H,4,9-16,18,20H2,(H,31,33). The summed E-state index contributed by atoms with van der Waals surface area (Å²) in [6.07, 6.45) is 8.58. The Morgan fingerprint density at radius 2 is 2.00 bits per heavy atom. The van der Waals surface area contributed by atoms with Gasteiger partial charge in [-0.05, 0) is 87.3 Å². The molecule has 1 unspecified atom stereocenters. The van der Waals surface area contributed by atoms with Crippen LogP contribution in [0.4, 0.5) is 0 Å². The molecular formula is C29H35N3O3S2. The van der Waals surface area contributed by atoms with Gasteiger partial charge in [-0.25, -0.2) is 4.31 Å². The number of nitrogens with one attached hydrogen (secondary N) is 2. The van der Waals surface area contributed by atoms with E-state index in [1.807, 2.05) is 42.2 Å². The van der Waals surface area contributed by atoms with Crippen LogP contribution in [0.1, 0.15) is 38.5 Å². The molecule has 2 aliphatic heterocycles. The van der Waals surface area contributed by atoms with Crippen molar-refractivity contribution in [3.63, 3.8) is 0 Å². The van der Waals surface area contributed by atoms with Crippen LogP contribution < -0.4 is 15.5 Å². The number of pyridine rings is 1. The van der Waals surface area contributed by atoms with Crippen molar-refractivity contribution in [2.75, 3.05) is 32.8 Å². The van der Waals surface area contributed by atoms with Crippen LogP contribution >= 0.6 is 23.7 Å². The molecule has 3 heterocycles. The lowest BCUT2D eigenvalue weighted by Gasteiger charge is -2.37. The molecule has 6 rings (SSSR count). The van der Waals surface area contributed by atoms with Gasteiger partial charge in [0.05, 0.1) is 23.7 Å². The zero-order chi connectivity index (χ0) is 25.1. The Kier molecular flexibility index (Phi) is 7.81. The molecular weight excluding hydrogens is 502 g/mol. The highest BCUT2D eigenvalue weighted by Gasteiger charge is 2.42.